The molecule has 124 valence electrons. The van der Waals surface area contributed by atoms with Crippen molar-refractivity contribution in [2.45, 2.75) is 67.2 Å². The van der Waals surface area contributed by atoms with Crippen LogP contribution in [0, 0.1) is 23.2 Å². The topological polar surface area (TPSA) is 69.4 Å². The second-order valence-corrected chi connectivity index (χ2v) is 6.98. The predicted molar refractivity (Wildman–Crippen MR) is 85.6 cm³/mol. The Bertz CT molecular complexity index is 337. The van der Waals surface area contributed by atoms with E-state index in [-0.39, 0.29) is 36.2 Å². The van der Waals surface area contributed by atoms with Crippen LogP contribution in [0.3, 0.4) is 0 Å². The minimum atomic E-state index is -0.425. The quantitative estimate of drug-likeness (QED) is 0.627. The molecule has 0 unspecified atom stereocenters. The van der Waals surface area contributed by atoms with E-state index in [2.05, 4.69) is 6.92 Å². The molecule has 2 N–H and O–H groups in total. The largest absolute Gasteiger partial charge is 0.465 e. The number of rotatable bonds is 10. The van der Waals surface area contributed by atoms with Gasteiger partial charge in [0.1, 0.15) is 0 Å². The fourth-order valence-electron chi connectivity index (χ4n) is 2.71. The van der Waals surface area contributed by atoms with E-state index in [1.54, 1.807) is 0 Å². The molecule has 0 rings (SSSR count). The van der Waals surface area contributed by atoms with E-state index in [1.807, 2.05) is 34.6 Å². The molecule has 1 amide bonds. The number of ether oxygens (including phenoxy) is 1. The minimum absolute atomic E-state index is 0.0657. The zero-order chi connectivity index (χ0) is 16.6. The molecule has 0 saturated heterocycles. The van der Waals surface area contributed by atoms with Crippen molar-refractivity contribution in [3.05, 3.63) is 0 Å². The highest BCUT2D eigenvalue weighted by molar-refractivity contribution is 5.77. The van der Waals surface area contributed by atoms with E-state index in [4.69, 9.17) is 10.5 Å². The number of esters is 1. The van der Waals surface area contributed by atoms with Crippen molar-refractivity contribution in [1.82, 2.24) is 0 Å². The third kappa shape index (κ3) is 6.49. The number of carbonyl (C=O) groups is 2. The Balaban J connectivity index is 4.72. The first-order chi connectivity index (χ1) is 9.67. The molecular weight excluding hydrogens is 266 g/mol. The SMILES string of the molecule is CCC[C@@H](C(=O)OCC(C)(C)[C@@H](CCC)C(N)=O)C(C)C. The summed E-state index contributed by atoms with van der Waals surface area (Å²) in [6, 6.07) is 0. The molecule has 0 aromatic rings. The van der Waals surface area contributed by atoms with Crippen LogP contribution in [0.1, 0.15) is 67.2 Å². The van der Waals surface area contributed by atoms with Gasteiger partial charge in [-0.3, -0.25) is 9.59 Å². The first kappa shape index (κ1) is 19.9. The molecule has 0 bridgehead atoms. The molecule has 0 aromatic heterocycles. The summed E-state index contributed by atoms with van der Waals surface area (Å²) in [7, 11) is 0. The van der Waals surface area contributed by atoms with Crippen LogP contribution in [0.5, 0.6) is 0 Å². The van der Waals surface area contributed by atoms with Gasteiger partial charge in [0.15, 0.2) is 0 Å². The van der Waals surface area contributed by atoms with Gasteiger partial charge >= 0.3 is 5.97 Å². The first-order valence-corrected chi connectivity index (χ1v) is 8.13. The van der Waals surface area contributed by atoms with Gasteiger partial charge in [-0.05, 0) is 18.8 Å². The Morgan fingerprint density at radius 1 is 1.10 bits per heavy atom. The van der Waals surface area contributed by atoms with Crippen molar-refractivity contribution < 1.29 is 14.3 Å². The summed E-state index contributed by atoms with van der Waals surface area (Å²) < 4.78 is 5.51. The summed E-state index contributed by atoms with van der Waals surface area (Å²) in [5, 5.41) is 0. The Morgan fingerprint density at radius 2 is 1.62 bits per heavy atom. The van der Waals surface area contributed by atoms with Crippen molar-refractivity contribution >= 4 is 11.9 Å². The highest BCUT2D eigenvalue weighted by Crippen LogP contribution is 2.31. The molecule has 4 heteroatoms. The molecule has 0 saturated carbocycles. The summed E-state index contributed by atoms with van der Waals surface area (Å²) in [4.78, 5) is 23.8. The highest BCUT2D eigenvalue weighted by Gasteiger charge is 2.35. The van der Waals surface area contributed by atoms with Gasteiger partial charge in [0.05, 0.1) is 12.5 Å². The van der Waals surface area contributed by atoms with Crippen LogP contribution in [-0.2, 0) is 14.3 Å². The second kappa shape index (κ2) is 9.06. The first-order valence-electron chi connectivity index (χ1n) is 8.13. The Kier molecular flexibility index (Phi) is 8.60. The van der Waals surface area contributed by atoms with Gasteiger partial charge in [-0.1, -0.05) is 54.4 Å². The van der Waals surface area contributed by atoms with Crippen molar-refractivity contribution in [3.8, 4) is 0 Å². The molecule has 0 aromatic carbocycles. The van der Waals surface area contributed by atoms with Crippen LogP contribution in [0.25, 0.3) is 0 Å². The molecule has 0 heterocycles. The molecular formula is C17H33NO3. The van der Waals surface area contributed by atoms with Gasteiger partial charge in [-0.2, -0.15) is 0 Å². The van der Waals surface area contributed by atoms with Gasteiger partial charge < -0.3 is 10.5 Å². The summed E-state index contributed by atoms with van der Waals surface area (Å²) >= 11 is 0. The molecule has 4 nitrogen and oxygen atoms in total. The van der Waals surface area contributed by atoms with E-state index in [9.17, 15) is 9.59 Å². The van der Waals surface area contributed by atoms with Crippen molar-refractivity contribution in [3.63, 3.8) is 0 Å². The fraction of sp³-hybridized carbons (Fsp3) is 0.882. The van der Waals surface area contributed by atoms with E-state index in [1.165, 1.54) is 0 Å². The van der Waals surface area contributed by atoms with Crippen LogP contribution < -0.4 is 5.73 Å². The second-order valence-electron chi connectivity index (χ2n) is 6.98. The molecule has 0 fully saturated rings. The molecule has 2 atom stereocenters. The van der Waals surface area contributed by atoms with Crippen LogP contribution in [0.4, 0.5) is 0 Å². The van der Waals surface area contributed by atoms with Gasteiger partial charge in [-0.15, -0.1) is 0 Å². The lowest BCUT2D eigenvalue weighted by atomic mass is 9.76. The molecule has 0 spiro atoms. The van der Waals surface area contributed by atoms with Gasteiger partial charge in [-0.25, -0.2) is 0 Å². The minimum Gasteiger partial charge on any atom is -0.465 e. The Hall–Kier alpha value is -1.06. The summed E-state index contributed by atoms with van der Waals surface area (Å²) in [6.07, 6.45) is 3.41. The van der Waals surface area contributed by atoms with E-state index in [0.29, 0.717) is 0 Å². The molecule has 0 aliphatic heterocycles. The van der Waals surface area contributed by atoms with Crippen LogP contribution in [-0.4, -0.2) is 18.5 Å². The fourth-order valence-corrected chi connectivity index (χ4v) is 2.71. The predicted octanol–water partition coefficient (Wildman–Crippen LogP) is 3.53. The van der Waals surface area contributed by atoms with Gasteiger partial charge in [0.25, 0.3) is 0 Å². The van der Waals surface area contributed by atoms with Crippen molar-refractivity contribution in [1.29, 1.82) is 0 Å². The lowest BCUT2D eigenvalue weighted by Gasteiger charge is -2.32. The van der Waals surface area contributed by atoms with Gasteiger partial charge in [0.2, 0.25) is 5.91 Å². The average Bonchev–Trinajstić information content (AvgIpc) is 2.38. The molecule has 0 radical (unpaired) electrons. The number of hydrogen-bond acceptors (Lipinski definition) is 3. The van der Waals surface area contributed by atoms with E-state index < -0.39 is 5.41 Å². The molecule has 21 heavy (non-hydrogen) atoms. The number of amides is 1. The average molecular weight is 299 g/mol. The summed E-state index contributed by atoms with van der Waals surface area (Å²) in [6.45, 7) is 12.3. The lowest BCUT2D eigenvalue weighted by molar-refractivity contribution is -0.156. The third-order valence-electron chi connectivity index (χ3n) is 4.16. The molecule has 0 aliphatic carbocycles. The molecule has 0 aliphatic rings. The van der Waals surface area contributed by atoms with Crippen LogP contribution >= 0.6 is 0 Å². The summed E-state index contributed by atoms with van der Waals surface area (Å²) in [5.74, 6) is -0.530. The van der Waals surface area contributed by atoms with E-state index in [0.717, 1.165) is 25.7 Å². The van der Waals surface area contributed by atoms with Crippen LogP contribution in [0.15, 0.2) is 0 Å². The Morgan fingerprint density at radius 3 is 2.00 bits per heavy atom. The van der Waals surface area contributed by atoms with Crippen molar-refractivity contribution in [2.75, 3.05) is 6.61 Å². The lowest BCUT2D eigenvalue weighted by Crippen LogP contribution is -2.40. The normalized spacial score (nSPS) is 14.8. The number of hydrogen-bond donors (Lipinski definition) is 1. The maximum Gasteiger partial charge on any atom is 0.309 e. The zero-order valence-corrected chi connectivity index (χ0v) is 14.6. The zero-order valence-electron chi connectivity index (χ0n) is 14.6. The Labute approximate surface area is 129 Å². The maximum atomic E-state index is 12.2. The highest BCUT2D eigenvalue weighted by atomic mass is 16.5. The smallest absolute Gasteiger partial charge is 0.309 e. The number of primary amides is 1. The van der Waals surface area contributed by atoms with Gasteiger partial charge in [0, 0.05) is 11.3 Å². The summed E-state index contributed by atoms with van der Waals surface area (Å²) in [5.41, 5.74) is 5.07. The van der Waals surface area contributed by atoms with E-state index >= 15 is 0 Å². The number of nitrogens with two attached hydrogens (primary N) is 1. The van der Waals surface area contributed by atoms with Crippen LogP contribution in [0.2, 0.25) is 0 Å². The monoisotopic (exact) mass is 299 g/mol. The van der Waals surface area contributed by atoms with Crippen molar-refractivity contribution in [2.24, 2.45) is 28.9 Å². The number of carbonyl (C=O) groups excluding carboxylic acids is 2. The maximum absolute atomic E-state index is 12.2. The third-order valence-corrected chi connectivity index (χ3v) is 4.16. The standard InChI is InChI=1S/C17H33NO3/c1-7-9-13(12(3)4)16(20)21-11-17(5,6)14(10-8-2)15(18)19/h12-14H,7-11H2,1-6H3,(H2,18,19)/t13-,14+/m1/s1.